The summed E-state index contributed by atoms with van der Waals surface area (Å²) in [6, 6.07) is 6.53. The number of hydrogen-bond acceptors (Lipinski definition) is 3. The number of carbonyl (C=O) groups excluding carboxylic acids is 1. The first-order chi connectivity index (χ1) is 11.8. The Morgan fingerprint density at radius 2 is 2.00 bits per heavy atom. The molecule has 2 aliphatic rings. The first kappa shape index (κ1) is 16.3. The fraction of sp³-hybridized carbons (Fsp3) is 0.526. The van der Waals surface area contributed by atoms with Gasteiger partial charge in [0.15, 0.2) is 0 Å². The van der Waals surface area contributed by atoms with Crippen LogP contribution in [0.1, 0.15) is 44.3 Å². The third-order valence-electron chi connectivity index (χ3n) is 5.22. The lowest BCUT2D eigenvalue weighted by atomic mass is 10.1. The van der Waals surface area contributed by atoms with Crippen LogP contribution in [0.5, 0.6) is 0 Å². The number of piperazine rings is 1. The first-order valence-corrected chi connectivity index (χ1v) is 10.8. The molecule has 4 rings (SSSR count). The van der Waals surface area contributed by atoms with Gasteiger partial charge in [-0.3, -0.25) is 4.79 Å². The van der Waals surface area contributed by atoms with E-state index in [2.05, 4.69) is 28.5 Å². The second-order valence-electron chi connectivity index (χ2n) is 6.92. The molecule has 0 bridgehead atoms. The Morgan fingerprint density at radius 1 is 1.17 bits per heavy atom. The molecule has 24 heavy (non-hydrogen) atoms. The molecule has 3 heterocycles. The van der Waals surface area contributed by atoms with Crippen molar-refractivity contribution in [3.05, 3.63) is 43.8 Å². The highest BCUT2D eigenvalue weighted by molar-refractivity contribution is 7.14. The van der Waals surface area contributed by atoms with Gasteiger partial charge in [-0.2, -0.15) is 0 Å². The number of thiophene rings is 2. The summed E-state index contributed by atoms with van der Waals surface area (Å²) in [6.45, 7) is 5.01. The lowest BCUT2D eigenvalue weighted by Crippen LogP contribution is -3.13. The Kier molecular flexibility index (Phi) is 5.01. The summed E-state index contributed by atoms with van der Waals surface area (Å²) in [5.41, 5.74) is 1.45. The molecule has 1 aliphatic heterocycles. The van der Waals surface area contributed by atoms with Gasteiger partial charge in [-0.25, -0.2) is 0 Å². The number of amides is 1. The van der Waals surface area contributed by atoms with E-state index in [4.69, 9.17) is 0 Å². The highest BCUT2D eigenvalue weighted by Crippen LogP contribution is 2.29. The zero-order valence-corrected chi connectivity index (χ0v) is 15.7. The summed E-state index contributed by atoms with van der Waals surface area (Å²) in [5.74, 6) is 0.267. The second-order valence-corrected chi connectivity index (χ2v) is 9.09. The van der Waals surface area contributed by atoms with E-state index < -0.39 is 0 Å². The molecular formula is C19H25N2OS2+. The minimum atomic E-state index is 0.267. The molecule has 0 aromatic carbocycles. The zero-order chi connectivity index (χ0) is 16.4. The maximum atomic E-state index is 12.9. The Labute approximate surface area is 151 Å². The second kappa shape index (κ2) is 7.38. The molecule has 0 atom stereocenters. The number of nitrogens with one attached hydrogen (secondary N) is 1. The van der Waals surface area contributed by atoms with E-state index >= 15 is 0 Å². The Balaban J connectivity index is 1.36. The maximum absolute atomic E-state index is 12.9. The molecule has 2 aromatic heterocycles. The van der Waals surface area contributed by atoms with Gasteiger partial charge in [-0.15, -0.1) is 22.7 Å². The normalized spacial score (nSPS) is 19.1. The van der Waals surface area contributed by atoms with Crippen LogP contribution < -0.4 is 4.90 Å². The highest BCUT2D eigenvalue weighted by atomic mass is 32.1. The van der Waals surface area contributed by atoms with Crippen LogP contribution >= 0.6 is 22.7 Å². The molecule has 1 fully saturated rings. The minimum absolute atomic E-state index is 0.267. The summed E-state index contributed by atoms with van der Waals surface area (Å²) >= 11 is 3.60. The summed E-state index contributed by atoms with van der Waals surface area (Å²) in [5, 5.41) is 2.15. The quantitative estimate of drug-likeness (QED) is 0.835. The van der Waals surface area contributed by atoms with Gasteiger partial charge in [0.25, 0.3) is 5.91 Å². The van der Waals surface area contributed by atoms with Crippen molar-refractivity contribution >= 4 is 28.6 Å². The number of quaternary nitrogens is 1. The molecule has 128 valence electrons. The van der Waals surface area contributed by atoms with E-state index in [1.54, 1.807) is 16.2 Å². The summed E-state index contributed by atoms with van der Waals surface area (Å²) < 4.78 is 0. The molecule has 1 N–H and O–H groups in total. The Hall–Kier alpha value is -1.17. The summed E-state index contributed by atoms with van der Waals surface area (Å²) in [6.07, 6.45) is 6.23. The fourth-order valence-corrected chi connectivity index (χ4v) is 5.79. The average molecular weight is 362 g/mol. The molecule has 0 saturated carbocycles. The van der Waals surface area contributed by atoms with Gasteiger partial charge < -0.3 is 9.80 Å². The van der Waals surface area contributed by atoms with Crippen LogP contribution in [0.4, 0.5) is 0 Å². The average Bonchev–Trinajstić information content (AvgIpc) is 3.20. The zero-order valence-electron chi connectivity index (χ0n) is 14.1. The molecule has 0 unspecified atom stereocenters. The Morgan fingerprint density at radius 3 is 2.79 bits per heavy atom. The van der Waals surface area contributed by atoms with Gasteiger partial charge in [-0.1, -0.05) is 12.5 Å². The van der Waals surface area contributed by atoms with Gasteiger partial charge in [0.2, 0.25) is 0 Å². The predicted molar refractivity (Wildman–Crippen MR) is 100 cm³/mol. The van der Waals surface area contributed by atoms with Crippen molar-refractivity contribution in [1.29, 1.82) is 0 Å². The third-order valence-corrected chi connectivity index (χ3v) is 7.32. The van der Waals surface area contributed by atoms with Gasteiger partial charge in [0.1, 0.15) is 6.54 Å². The first-order valence-electron chi connectivity index (χ1n) is 9.06. The topological polar surface area (TPSA) is 24.8 Å². The summed E-state index contributed by atoms with van der Waals surface area (Å²) in [4.78, 5) is 20.4. The SMILES string of the molecule is O=C(c1cc2c(s1)CCCCC2)N1CC[NH+](Cc2cccs2)CC1. The molecular weight excluding hydrogens is 336 g/mol. The van der Waals surface area contributed by atoms with Crippen molar-refractivity contribution in [2.75, 3.05) is 26.2 Å². The highest BCUT2D eigenvalue weighted by Gasteiger charge is 2.26. The van der Waals surface area contributed by atoms with Gasteiger partial charge in [0.05, 0.1) is 35.9 Å². The number of nitrogens with zero attached hydrogens (tertiary/aromatic N) is 1. The summed E-state index contributed by atoms with van der Waals surface area (Å²) in [7, 11) is 0. The number of hydrogen-bond donors (Lipinski definition) is 1. The molecule has 3 nitrogen and oxygen atoms in total. The van der Waals surface area contributed by atoms with Crippen molar-refractivity contribution in [1.82, 2.24) is 4.90 Å². The largest absolute Gasteiger partial charge is 0.328 e. The number of rotatable bonds is 3. The van der Waals surface area contributed by atoms with E-state index in [0.717, 1.165) is 44.0 Å². The van der Waals surface area contributed by atoms with Crippen LogP contribution in [0, 0.1) is 0 Å². The van der Waals surface area contributed by atoms with Crippen LogP contribution in [0.3, 0.4) is 0 Å². The van der Waals surface area contributed by atoms with Crippen LogP contribution in [0.15, 0.2) is 23.6 Å². The standard InChI is InChI=1S/C19H24N2OS2/c22-19(18-13-15-5-2-1-3-7-17(15)24-18)21-10-8-20(9-11-21)14-16-6-4-12-23-16/h4,6,12-13H,1-3,5,7-11,14H2/p+1. The number of carbonyl (C=O) groups is 1. The smallest absolute Gasteiger partial charge is 0.264 e. The van der Waals surface area contributed by atoms with E-state index in [1.165, 1.54) is 41.0 Å². The monoisotopic (exact) mass is 361 g/mol. The van der Waals surface area contributed by atoms with Crippen LogP contribution in [0.25, 0.3) is 0 Å². The fourth-order valence-electron chi connectivity index (χ4n) is 3.79. The van der Waals surface area contributed by atoms with E-state index in [9.17, 15) is 4.79 Å². The van der Waals surface area contributed by atoms with E-state index in [0.29, 0.717) is 0 Å². The molecule has 5 heteroatoms. The van der Waals surface area contributed by atoms with Crippen molar-refractivity contribution in [3.8, 4) is 0 Å². The molecule has 1 saturated heterocycles. The molecule has 1 amide bonds. The van der Waals surface area contributed by atoms with Crippen LogP contribution in [-0.4, -0.2) is 37.0 Å². The van der Waals surface area contributed by atoms with E-state index in [1.807, 2.05) is 11.3 Å². The lowest BCUT2D eigenvalue weighted by molar-refractivity contribution is -0.917. The molecule has 0 radical (unpaired) electrons. The van der Waals surface area contributed by atoms with Crippen LogP contribution in [-0.2, 0) is 19.4 Å². The Bertz CT molecular complexity index is 661. The van der Waals surface area contributed by atoms with E-state index in [-0.39, 0.29) is 5.91 Å². The van der Waals surface area contributed by atoms with Crippen LogP contribution in [0.2, 0.25) is 0 Å². The predicted octanol–water partition coefficient (Wildman–Crippen LogP) is 2.62. The van der Waals surface area contributed by atoms with Gasteiger partial charge in [0, 0.05) is 4.88 Å². The third kappa shape index (κ3) is 3.58. The van der Waals surface area contributed by atoms with Crippen molar-refractivity contribution in [2.45, 2.75) is 38.6 Å². The molecule has 1 aliphatic carbocycles. The van der Waals surface area contributed by atoms with Crippen molar-refractivity contribution in [3.63, 3.8) is 0 Å². The maximum Gasteiger partial charge on any atom is 0.264 e. The minimum Gasteiger partial charge on any atom is -0.328 e. The van der Waals surface area contributed by atoms with Gasteiger partial charge >= 0.3 is 0 Å². The molecule has 0 spiro atoms. The van der Waals surface area contributed by atoms with Gasteiger partial charge in [-0.05, 0) is 48.8 Å². The molecule has 2 aromatic rings. The number of aryl methyl sites for hydroxylation is 2. The number of fused-ring (bicyclic) bond motifs is 1. The van der Waals surface area contributed by atoms with Crippen molar-refractivity contribution in [2.24, 2.45) is 0 Å². The van der Waals surface area contributed by atoms with Crippen molar-refractivity contribution < 1.29 is 9.69 Å². The lowest BCUT2D eigenvalue weighted by Gasteiger charge is -2.31.